The van der Waals surface area contributed by atoms with Gasteiger partial charge in [-0.3, -0.25) is 20.2 Å². The molecule has 0 aromatic heterocycles. The van der Waals surface area contributed by atoms with Crippen LogP contribution in [0.3, 0.4) is 0 Å². The Kier molecular flexibility index (Phi) is 5.66. The summed E-state index contributed by atoms with van der Waals surface area (Å²) in [7, 11) is -2.54. The van der Waals surface area contributed by atoms with E-state index in [0.29, 0.717) is 13.1 Å². The highest BCUT2D eigenvalue weighted by Crippen LogP contribution is 2.39. The number of non-ortho nitro benzene ring substituents is 1. The molecule has 29 heavy (non-hydrogen) atoms. The summed E-state index contributed by atoms with van der Waals surface area (Å²) in [6, 6.07) is 6.85. The predicted molar refractivity (Wildman–Crippen MR) is 101 cm³/mol. The molecule has 0 amide bonds. The highest BCUT2D eigenvalue weighted by molar-refractivity contribution is 7.89. The summed E-state index contributed by atoms with van der Waals surface area (Å²) < 4.78 is 37.2. The van der Waals surface area contributed by atoms with E-state index in [1.165, 1.54) is 29.6 Å². The van der Waals surface area contributed by atoms with Crippen molar-refractivity contribution in [1.82, 2.24) is 4.31 Å². The summed E-state index contributed by atoms with van der Waals surface area (Å²) in [6.45, 7) is 0.721. The summed E-state index contributed by atoms with van der Waals surface area (Å²) >= 11 is 0. The largest absolute Gasteiger partial charge is 0.493 e. The highest BCUT2D eigenvalue weighted by Gasteiger charge is 2.30. The molecule has 154 valence electrons. The van der Waals surface area contributed by atoms with Gasteiger partial charge in [0.05, 0.1) is 27.9 Å². The van der Waals surface area contributed by atoms with E-state index in [-0.39, 0.29) is 27.8 Å². The van der Waals surface area contributed by atoms with Crippen LogP contribution in [0.2, 0.25) is 0 Å². The molecular formula is C17H17N3O8S. The minimum atomic E-state index is -3.86. The number of nitrogens with zero attached hydrogens (tertiary/aromatic N) is 3. The van der Waals surface area contributed by atoms with Crippen LogP contribution in [-0.4, -0.2) is 42.8 Å². The zero-order valence-corrected chi connectivity index (χ0v) is 16.1. The summed E-state index contributed by atoms with van der Waals surface area (Å²) in [5.74, 6) is -0.257. The van der Waals surface area contributed by atoms with Gasteiger partial charge in [0, 0.05) is 25.2 Å². The van der Waals surface area contributed by atoms with Gasteiger partial charge < -0.3 is 9.47 Å². The predicted octanol–water partition coefficient (Wildman–Crippen LogP) is 3.09. The van der Waals surface area contributed by atoms with Crippen LogP contribution in [0.25, 0.3) is 0 Å². The Hall–Kier alpha value is -3.25. The molecule has 0 spiro atoms. The number of nitro benzene ring substituents is 2. The number of nitro groups is 2. The van der Waals surface area contributed by atoms with Crippen molar-refractivity contribution in [3.05, 3.63) is 56.6 Å². The Bertz CT molecular complexity index is 1060. The molecule has 0 bridgehead atoms. The van der Waals surface area contributed by atoms with Crippen LogP contribution in [0, 0.1) is 20.2 Å². The fourth-order valence-electron chi connectivity index (χ4n) is 2.94. The number of hydrogen-bond donors (Lipinski definition) is 0. The van der Waals surface area contributed by atoms with Crippen LogP contribution in [0.15, 0.2) is 41.3 Å². The molecule has 0 radical (unpaired) electrons. The quantitative estimate of drug-likeness (QED) is 0.488. The third kappa shape index (κ3) is 4.12. The lowest BCUT2D eigenvalue weighted by Crippen LogP contribution is -2.27. The molecule has 1 saturated heterocycles. The fraction of sp³-hybridized carbons (Fsp3) is 0.294. The molecule has 3 rings (SSSR count). The van der Waals surface area contributed by atoms with Crippen LogP contribution in [0.1, 0.15) is 12.8 Å². The molecule has 1 aliphatic rings. The Labute approximate surface area is 165 Å². The summed E-state index contributed by atoms with van der Waals surface area (Å²) in [4.78, 5) is 20.9. The summed E-state index contributed by atoms with van der Waals surface area (Å²) in [5.41, 5.74) is -0.879. The molecule has 0 aliphatic carbocycles. The minimum Gasteiger partial charge on any atom is -0.493 e. The van der Waals surface area contributed by atoms with Gasteiger partial charge in [0.1, 0.15) is 0 Å². The van der Waals surface area contributed by atoms with E-state index in [1.54, 1.807) is 0 Å². The monoisotopic (exact) mass is 423 g/mol. The average molecular weight is 423 g/mol. The van der Waals surface area contributed by atoms with E-state index in [4.69, 9.17) is 9.47 Å². The Morgan fingerprint density at radius 3 is 2.17 bits per heavy atom. The summed E-state index contributed by atoms with van der Waals surface area (Å²) in [6.07, 6.45) is 1.46. The third-order valence-corrected chi connectivity index (χ3v) is 6.30. The Morgan fingerprint density at radius 2 is 1.59 bits per heavy atom. The number of ether oxygens (including phenoxy) is 2. The van der Waals surface area contributed by atoms with Gasteiger partial charge in [0.15, 0.2) is 11.5 Å². The Morgan fingerprint density at radius 1 is 0.931 bits per heavy atom. The van der Waals surface area contributed by atoms with Gasteiger partial charge in [0.25, 0.3) is 5.69 Å². The lowest BCUT2D eigenvalue weighted by molar-refractivity contribution is -0.386. The fourth-order valence-corrected chi connectivity index (χ4v) is 4.48. The van der Waals surface area contributed by atoms with Crippen molar-refractivity contribution in [2.24, 2.45) is 0 Å². The van der Waals surface area contributed by atoms with Gasteiger partial charge in [0.2, 0.25) is 15.8 Å². The van der Waals surface area contributed by atoms with Gasteiger partial charge in [-0.2, -0.15) is 4.31 Å². The molecule has 2 aromatic carbocycles. The smallest absolute Gasteiger partial charge is 0.312 e. The average Bonchev–Trinajstić information content (AvgIpc) is 3.23. The van der Waals surface area contributed by atoms with E-state index in [0.717, 1.165) is 31.0 Å². The first-order valence-corrected chi connectivity index (χ1v) is 9.97. The molecule has 0 N–H and O–H groups in total. The molecule has 0 atom stereocenters. The van der Waals surface area contributed by atoms with Crippen molar-refractivity contribution in [3.8, 4) is 17.2 Å². The van der Waals surface area contributed by atoms with Crippen molar-refractivity contribution in [1.29, 1.82) is 0 Å². The Balaban J connectivity index is 2.02. The first-order valence-electron chi connectivity index (χ1n) is 8.53. The van der Waals surface area contributed by atoms with Crippen molar-refractivity contribution >= 4 is 21.4 Å². The van der Waals surface area contributed by atoms with E-state index >= 15 is 0 Å². The minimum absolute atomic E-state index is 0.111. The SMILES string of the molecule is COc1ccc([N+](=O)[O-])cc1Oc1ccc(S(=O)(=O)N2CCCC2)cc1[N+](=O)[O-]. The van der Waals surface area contributed by atoms with E-state index in [2.05, 4.69) is 0 Å². The maximum Gasteiger partial charge on any atom is 0.312 e. The third-order valence-electron chi connectivity index (χ3n) is 4.41. The number of benzene rings is 2. The van der Waals surface area contributed by atoms with Crippen molar-refractivity contribution in [3.63, 3.8) is 0 Å². The topological polar surface area (TPSA) is 142 Å². The van der Waals surface area contributed by atoms with Gasteiger partial charge in [-0.25, -0.2) is 8.42 Å². The molecule has 1 heterocycles. The lowest BCUT2D eigenvalue weighted by Gasteiger charge is -2.16. The van der Waals surface area contributed by atoms with Crippen LogP contribution < -0.4 is 9.47 Å². The zero-order valence-electron chi connectivity index (χ0n) is 15.3. The second-order valence-corrected chi connectivity index (χ2v) is 8.13. The van der Waals surface area contributed by atoms with Gasteiger partial charge in [-0.15, -0.1) is 0 Å². The van der Waals surface area contributed by atoms with Crippen LogP contribution >= 0.6 is 0 Å². The van der Waals surface area contributed by atoms with Gasteiger partial charge >= 0.3 is 5.69 Å². The molecule has 11 nitrogen and oxygen atoms in total. The number of methoxy groups -OCH3 is 1. The normalized spacial score (nSPS) is 14.5. The molecule has 2 aromatic rings. The molecule has 0 unspecified atom stereocenters. The second-order valence-electron chi connectivity index (χ2n) is 6.19. The first kappa shape index (κ1) is 20.5. The number of sulfonamides is 1. The standard InChI is InChI=1S/C17H17N3O8S/c1-27-16-6-4-12(19(21)22)10-17(16)28-15-7-5-13(11-14(15)20(23)24)29(25,26)18-8-2-3-9-18/h4-7,10-11H,2-3,8-9H2,1H3. The molecule has 1 fully saturated rings. The summed E-state index contributed by atoms with van der Waals surface area (Å²) in [5, 5.41) is 22.5. The zero-order chi connectivity index (χ0) is 21.2. The molecular weight excluding hydrogens is 406 g/mol. The van der Waals surface area contributed by atoms with Crippen molar-refractivity contribution in [2.75, 3.05) is 20.2 Å². The highest BCUT2D eigenvalue weighted by atomic mass is 32.2. The van der Waals surface area contributed by atoms with Crippen LogP contribution in [0.5, 0.6) is 17.2 Å². The van der Waals surface area contributed by atoms with E-state index in [9.17, 15) is 28.6 Å². The molecule has 1 aliphatic heterocycles. The lowest BCUT2D eigenvalue weighted by atomic mass is 10.2. The van der Waals surface area contributed by atoms with Crippen molar-refractivity contribution in [2.45, 2.75) is 17.7 Å². The maximum atomic E-state index is 12.7. The van der Waals surface area contributed by atoms with Gasteiger partial charge in [-0.1, -0.05) is 0 Å². The van der Waals surface area contributed by atoms with Crippen LogP contribution in [0.4, 0.5) is 11.4 Å². The number of rotatable bonds is 7. The van der Waals surface area contributed by atoms with Crippen molar-refractivity contribution < 1.29 is 27.7 Å². The molecule has 0 saturated carbocycles. The molecule has 12 heteroatoms. The second kappa shape index (κ2) is 8.01. The van der Waals surface area contributed by atoms with Crippen LogP contribution in [-0.2, 0) is 10.0 Å². The van der Waals surface area contributed by atoms with E-state index in [1.807, 2.05) is 0 Å². The maximum absolute atomic E-state index is 12.7. The van der Waals surface area contributed by atoms with Gasteiger partial charge in [-0.05, 0) is 31.0 Å². The van der Waals surface area contributed by atoms with E-state index < -0.39 is 25.6 Å². The first-order chi connectivity index (χ1) is 13.7. The number of hydrogen-bond acceptors (Lipinski definition) is 8.